The fourth-order valence-corrected chi connectivity index (χ4v) is 2.47. The number of benzene rings is 2. The van der Waals surface area contributed by atoms with Crippen molar-refractivity contribution in [3.05, 3.63) is 59.7 Å². The number of carbonyl (C=O) groups is 2. The van der Waals surface area contributed by atoms with E-state index in [1.165, 1.54) is 5.56 Å². The third kappa shape index (κ3) is 5.62. The summed E-state index contributed by atoms with van der Waals surface area (Å²) in [7, 11) is 1.61. The van der Waals surface area contributed by atoms with Crippen LogP contribution in [0.5, 0.6) is 5.75 Å². The quantitative estimate of drug-likeness (QED) is 0.810. The number of rotatable bonds is 5. The van der Waals surface area contributed by atoms with Gasteiger partial charge in [0.15, 0.2) is 0 Å². The second-order valence-corrected chi connectivity index (χ2v) is 7.14. The van der Waals surface area contributed by atoms with E-state index in [1.54, 1.807) is 7.11 Å². The molecule has 0 aliphatic rings. The minimum absolute atomic E-state index is 0.0417. The molecule has 0 saturated heterocycles. The zero-order valence-corrected chi connectivity index (χ0v) is 15.8. The van der Waals surface area contributed by atoms with Crippen LogP contribution in [-0.4, -0.2) is 25.5 Å². The highest BCUT2D eigenvalue weighted by atomic mass is 16.5. The van der Waals surface area contributed by atoms with Crippen molar-refractivity contribution in [1.29, 1.82) is 0 Å². The Balaban J connectivity index is 1.82. The lowest BCUT2D eigenvalue weighted by Gasteiger charge is -2.19. The summed E-state index contributed by atoms with van der Waals surface area (Å²) in [6, 6.07) is 15.1. The van der Waals surface area contributed by atoms with E-state index in [0.29, 0.717) is 18.7 Å². The third-order valence-electron chi connectivity index (χ3n) is 4.05. The van der Waals surface area contributed by atoms with Crippen molar-refractivity contribution in [2.75, 3.05) is 19.0 Å². The van der Waals surface area contributed by atoms with E-state index in [0.717, 1.165) is 11.3 Å². The molecule has 2 N–H and O–H groups in total. The highest BCUT2D eigenvalue weighted by molar-refractivity contribution is 6.39. The lowest BCUT2D eigenvalue weighted by atomic mass is 9.87. The number of hydrogen-bond acceptors (Lipinski definition) is 3. The van der Waals surface area contributed by atoms with Crippen LogP contribution in [0.15, 0.2) is 48.5 Å². The first-order valence-corrected chi connectivity index (χ1v) is 8.62. The van der Waals surface area contributed by atoms with Crippen molar-refractivity contribution < 1.29 is 14.3 Å². The second kappa shape index (κ2) is 8.52. The van der Waals surface area contributed by atoms with Crippen LogP contribution in [0.3, 0.4) is 0 Å². The molecule has 0 spiro atoms. The number of amides is 2. The number of anilines is 1. The Kier molecular flexibility index (Phi) is 6.39. The Labute approximate surface area is 154 Å². The van der Waals surface area contributed by atoms with E-state index in [1.807, 2.05) is 48.5 Å². The molecule has 0 radical (unpaired) electrons. The van der Waals surface area contributed by atoms with Crippen LogP contribution in [0.4, 0.5) is 5.69 Å². The first-order chi connectivity index (χ1) is 12.3. The topological polar surface area (TPSA) is 67.4 Å². The summed E-state index contributed by atoms with van der Waals surface area (Å²) in [4.78, 5) is 23.9. The van der Waals surface area contributed by atoms with Gasteiger partial charge in [0.2, 0.25) is 0 Å². The van der Waals surface area contributed by atoms with Gasteiger partial charge >= 0.3 is 11.8 Å². The van der Waals surface area contributed by atoms with E-state index in [4.69, 9.17) is 4.74 Å². The highest BCUT2D eigenvalue weighted by Crippen LogP contribution is 2.23. The molecule has 2 aromatic rings. The number of hydrogen-bond donors (Lipinski definition) is 2. The van der Waals surface area contributed by atoms with Gasteiger partial charge in [-0.15, -0.1) is 0 Å². The van der Waals surface area contributed by atoms with E-state index in [9.17, 15) is 9.59 Å². The molecule has 0 saturated carbocycles. The van der Waals surface area contributed by atoms with Crippen molar-refractivity contribution in [2.24, 2.45) is 0 Å². The van der Waals surface area contributed by atoms with Gasteiger partial charge in [0.25, 0.3) is 0 Å². The smallest absolute Gasteiger partial charge is 0.313 e. The molecule has 0 heterocycles. The zero-order valence-electron chi connectivity index (χ0n) is 15.8. The molecule has 2 amide bonds. The maximum atomic E-state index is 12.0. The van der Waals surface area contributed by atoms with Gasteiger partial charge in [-0.05, 0) is 47.2 Å². The highest BCUT2D eigenvalue weighted by Gasteiger charge is 2.15. The van der Waals surface area contributed by atoms with Gasteiger partial charge < -0.3 is 15.4 Å². The number of carbonyl (C=O) groups excluding carboxylic acids is 2. The molecule has 2 rings (SSSR count). The molecule has 0 atom stereocenters. The van der Waals surface area contributed by atoms with Crippen molar-refractivity contribution in [2.45, 2.75) is 32.6 Å². The Morgan fingerprint density at radius 3 is 2.31 bits per heavy atom. The Bertz CT molecular complexity index is 762. The molecular formula is C21H26N2O3. The van der Waals surface area contributed by atoms with Gasteiger partial charge in [0, 0.05) is 12.2 Å². The monoisotopic (exact) mass is 354 g/mol. The predicted molar refractivity (Wildman–Crippen MR) is 103 cm³/mol. The first-order valence-electron chi connectivity index (χ1n) is 8.62. The SMILES string of the molecule is COc1cccc(CCNC(=O)C(=O)Nc2ccc(C(C)(C)C)cc2)c1. The number of ether oxygens (including phenoxy) is 1. The van der Waals surface area contributed by atoms with Crippen molar-refractivity contribution >= 4 is 17.5 Å². The Morgan fingerprint density at radius 1 is 1.00 bits per heavy atom. The average Bonchev–Trinajstić information content (AvgIpc) is 2.61. The summed E-state index contributed by atoms with van der Waals surface area (Å²) in [5.41, 5.74) is 2.84. The normalized spacial score (nSPS) is 10.9. The lowest BCUT2D eigenvalue weighted by molar-refractivity contribution is -0.136. The summed E-state index contributed by atoms with van der Waals surface area (Å²) in [6.07, 6.45) is 0.622. The molecule has 0 bridgehead atoms. The summed E-state index contributed by atoms with van der Waals surface area (Å²) in [5.74, 6) is -0.544. The molecule has 5 heteroatoms. The van der Waals surface area contributed by atoms with Gasteiger partial charge in [-0.3, -0.25) is 9.59 Å². The molecule has 0 unspecified atom stereocenters. The van der Waals surface area contributed by atoms with Gasteiger partial charge in [0.05, 0.1) is 7.11 Å². The standard InChI is InChI=1S/C21H26N2O3/c1-21(2,3)16-8-10-17(11-9-16)23-20(25)19(24)22-13-12-15-6-5-7-18(14-15)26-4/h5-11,14H,12-13H2,1-4H3,(H,22,24)(H,23,25). The summed E-state index contributed by atoms with van der Waals surface area (Å²) >= 11 is 0. The first kappa shape index (κ1) is 19.5. The van der Waals surface area contributed by atoms with E-state index >= 15 is 0 Å². The van der Waals surface area contributed by atoms with Crippen molar-refractivity contribution in [3.63, 3.8) is 0 Å². The fraction of sp³-hybridized carbons (Fsp3) is 0.333. The average molecular weight is 354 g/mol. The molecule has 5 nitrogen and oxygen atoms in total. The molecule has 0 aliphatic carbocycles. The molecule has 0 aromatic heterocycles. The second-order valence-electron chi connectivity index (χ2n) is 7.14. The number of methoxy groups -OCH3 is 1. The molecule has 2 aromatic carbocycles. The molecule has 0 fully saturated rings. The molecular weight excluding hydrogens is 328 g/mol. The van der Waals surface area contributed by atoms with Gasteiger partial charge in [-0.2, -0.15) is 0 Å². The fourth-order valence-electron chi connectivity index (χ4n) is 2.47. The van der Waals surface area contributed by atoms with E-state index < -0.39 is 11.8 Å². The maximum absolute atomic E-state index is 12.0. The largest absolute Gasteiger partial charge is 0.497 e. The molecule has 138 valence electrons. The third-order valence-corrected chi connectivity index (χ3v) is 4.05. The van der Waals surface area contributed by atoms with Crippen LogP contribution in [0.1, 0.15) is 31.9 Å². The van der Waals surface area contributed by atoms with Crippen LogP contribution in [-0.2, 0) is 21.4 Å². The van der Waals surface area contributed by atoms with Crippen molar-refractivity contribution in [1.82, 2.24) is 5.32 Å². The van der Waals surface area contributed by atoms with Crippen LogP contribution < -0.4 is 15.4 Å². The molecule has 26 heavy (non-hydrogen) atoms. The van der Waals surface area contributed by atoms with Crippen LogP contribution in [0.25, 0.3) is 0 Å². The summed E-state index contributed by atoms with van der Waals surface area (Å²) in [6.45, 7) is 6.74. The van der Waals surface area contributed by atoms with Gasteiger partial charge in [-0.1, -0.05) is 45.0 Å². The van der Waals surface area contributed by atoms with Crippen LogP contribution >= 0.6 is 0 Å². The van der Waals surface area contributed by atoms with Crippen LogP contribution in [0, 0.1) is 0 Å². The summed E-state index contributed by atoms with van der Waals surface area (Å²) in [5, 5.41) is 5.25. The Morgan fingerprint density at radius 2 is 1.69 bits per heavy atom. The minimum Gasteiger partial charge on any atom is -0.497 e. The Hall–Kier alpha value is -2.82. The lowest BCUT2D eigenvalue weighted by Crippen LogP contribution is -2.36. The number of nitrogens with one attached hydrogen (secondary N) is 2. The maximum Gasteiger partial charge on any atom is 0.313 e. The van der Waals surface area contributed by atoms with Crippen LogP contribution in [0.2, 0.25) is 0 Å². The summed E-state index contributed by atoms with van der Waals surface area (Å²) < 4.78 is 5.16. The minimum atomic E-state index is -0.667. The van der Waals surface area contributed by atoms with Gasteiger partial charge in [-0.25, -0.2) is 0 Å². The van der Waals surface area contributed by atoms with E-state index in [-0.39, 0.29) is 5.41 Å². The van der Waals surface area contributed by atoms with Crippen molar-refractivity contribution in [3.8, 4) is 5.75 Å². The van der Waals surface area contributed by atoms with E-state index in [2.05, 4.69) is 31.4 Å². The zero-order chi connectivity index (χ0) is 19.2. The molecule has 0 aliphatic heterocycles. The van der Waals surface area contributed by atoms with Gasteiger partial charge in [0.1, 0.15) is 5.75 Å². The predicted octanol–water partition coefficient (Wildman–Crippen LogP) is 3.29.